The second-order valence-electron chi connectivity index (χ2n) is 5.81. The van der Waals surface area contributed by atoms with Crippen LogP contribution < -0.4 is 10.1 Å². The molecule has 3 aromatic carbocycles. The highest BCUT2D eigenvalue weighted by Gasteiger charge is 2.05. The summed E-state index contributed by atoms with van der Waals surface area (Å²) in [7, 11) is 1.71. The van der Waals surface area contributed by atoms with Crippen molar-refractivity contribution in [3.63, 3.8) is 0 Å². The molecule has 0 aliphatic rings. The third kappa shape index (κ3) is 4.31. The highest BCUT2D eigenvalue weighted by molar-refractivity contribution is 7.99. The predicted molar refractivity (Wildman–Crippen MR) is 104 cm³/mol. The fourth-order valence-electron chi connectivity index (χ4n) is 2.73. The molecule has 0 unspecified atom stereocenters. The molecular weight excluding hydrogens is 314 g/mol. The van der Waals surface area contributed by atoms with E-state index in [1.54, 1.807) is 7.11 Å². The lowest BCUT2D eigenvalue weighted by Gasteiger charge is -2.15. The minimum absolute atomic E-state index is 0.317. The maximum atomic E-state index is 5.29. The minimum atomic E-state index is 0.317. The van der Waals surface area contributed by atoms with Crippen molar-refractivity contribution in [3.8, 4) is 5.75 Å². The van der Waals surface area contributed by atoms with E-state index < -0.39 is 0 Å². The van der Waals surface area contributed by atoms with E-state index in [1.807, 2.05) is 23.9 Å². The molecule has 0 aliphatic carbocycles. The zero-order valence-corrected chi connectivity index (χ0v) is 15.0. The Morgan fingerprint density at radius 3 is 2.62 bits per heavy atom. The van der Waals surface area contributed by atoms with Crippen LogP contribution in [-0.4, -0.2) is 19.4 Å². The Hall–Kier alpha value is -1.97. The first kappa shape index (κ1) is 16.9. The molecule has 0 spiro atoms. The number of methoxy groups -OCH3 is 1. The lowest BCUT2D eigenvalue weighted by Crippen LogP contribution is -2.21. The van der Waals surface area contributed by atoms with E-state index in [1.165, 1.54) is 21.2 Å². The van der Waals surface area contributed by atoms with Gasteiger partial charge in [-0.15, -0.1) is 11.8 Å². The zero-order chi connectivity index (χ0) is 16.8. The molecule has 0 saturated heterocycles. The molecule has 0 amide bonds. The first-order valence-corrected chi connectivity index (χ1v) is 9.24. The van der Waals surface area contributed by atoms with Crippen molar-refractivity contribution in [3.05, 3.63) is 72.3 Å². The van der Waals surface area contributed by atoms with Gasteiger partial charge in [-0.1, -0.05) is 42.5 Å². The van der Waals surface area contributed by atoms with E-state index in [0.29, 0.717) is 6.04 Å². The summed E-state index contributed by atoms with van der Waals surface area (Å²) in [5, 5.41) is 6.18. The van der Waals surface area contributed by atoms with Crippen LogP contribution in [0, 0.1) is 0 Å². The molecule has 0 heterocycles. The van der Waals surface area contributed by atoms with Crippen LogP contribution >= 0.6 is 11.8 Å². The molecule has 1 atom stereocenters. The average molecular weight is 337 g/mol. The molecule has 0 fully saturated rings. The third-order valence-electron chi connectivity index (χ3n) is 4.14. The minimum Gasteiger partial charge on any atom is -0.497 e. The number of ether oxygens (including phenoxy) is 1. The molecule has 1 N–H and O–H groups in total. The molecule has 0 radical (unpaired) electrons. The van der Waals surface area contributed by atoms with Gasteiger partial charge in [0.2, 0.25) is 0 Å². The Morgan fingerprint density at radius 1 is 0.958 bits per heavy atom. The van der Waals surface area contributed by atoms with E-state index in [0.717, 1.165) is 18.0 Å². The Labute approximate surface area is 148 Å². The monoisotopic (exact) mass is 337 g/mol. The van der Waals surface area contributed by atoms with E-state index in [4.69, 9.17) is 4.74 Å². The normalized spacial score (nSPS) is 12.2. The maximum Gasteiger partial charge on any atom is 0.119 e. The van der Waals surface area contributed by atoms with Crippen LogP contribution in [0.15, 0.2) is 71.6 Å². The van der Waals surface area contributed by atoms with E-state index >= 15 is 0 Å². The summed E-state index contributed by atoms with van der Waals surface area (Å²) in [6.07, 6.45) is 0. The number of hydrogen-bond donors (Lipinski definition) is 1. The van der Waals surface area contributed by atoms with Crippen LogP contribution in [0.2, 0.25) is 0 Å². The lowest BCUT2D eigenvalue weighted by atomic mass is 10.1. The Morgan fingerprint density at radius 2 is 1.79 bits per heavy atom. The second kappa shape index (κ2) is 8.22. The molecule has 0 aromatic heterocycles. The van der Waals surface area contributed by atoms with Gasteiger partial charge in [-0.25, -0.2) is 0 Å². The van der Waals surface area contributed by atoms with Crippen molar-refractivity contribution >= 4 is 22.5 Å². The summed E-state index contributed by atoms with van der Waals surface area (Å²) in [6, 6.07) is 23.7. The quantitative estimate of drug-likeness (QED) is 0.467. The topological polar surface area (TPSA) is 21.3 Å². The smallest absolute Gasteiger partial charge is 0.119 e. The van der Waals surface area contributed by atoms with E-state index in [2.05, 4.69) is 66.8 Å². The molecule has 3 rings (SSSR count). The fraction of sp³-hybridized carbons (Fsp3) is 0.238. The van der Waals surface area contributed by atoms with Crippen molar-refractivity contribution < 1.29 is 4.74 Å². The summed E-state index contributed by atoms with van der Waals surface area (Å²) in [4.78, 5) is 1.32. The standard InChI is InChI=1S/C21H23NOS/c1-16(18-8-5-9-20(14-18)23-2)22-12-13-24-21-11-10-17-6-3-4-7-19(17)15-21/h3-11,14-16,22H,12-13H2,1-2H3/t16-/m1/s1. The van der Waals surface area contributed by atoms with Crippen LogP contribution in [0.5, 0.6) is 5.75 Å². The number of fused-ring (bicyclic) bond motifs is 1. The molecule has 0 saturated carbocycles. The molecule has 0 aliphatic heterocycles. The molecular formula is C21H23NOS. The SMILES string of the molecule is COc1cccc([C@@H](C)NCCSc2ccc3ccccc3c2)c1. The van der Waals surface area contributed by atoms with Gasteiger partial charge in [0.25, 0.3) is 0 Å². The van der Waals surface area contributed by atoms with Gasteiger partial charge in [-0.3, -0.25) is 0 Å². The summed E-state index contributed by atoms with van der Waals surface area (Å²) in [6.45, 7) is 3.16. The summed E-state index contributed by atoms with van der Waals surface area (Å²) >= 11 is 1.89. The first-order valence-electron chi connectivity index (χ1n) is 8.25. The molecule has 3 heteroatoms. The van der Waals surface area contributed by atoms with Gasteiger partial charge in [0.05, 0.1) is 7.11 Å². The highest BCUT2D eigenvalue weighted by atomic mass is 32.2. The molecule has 124 valence electrons. The number of thioether (sulfide) groups is 1. The number of rotatable bonds is 7. The van der Waals surface area contributed by atoms with Crippen molar-refractivity contribution in [2.24, 2.45) is 0 Å². The van der Waals surface area contributed by atoms with Crippen LogP contribution in [0.3, 0.4) is 0 Å². The van der Waals surface area contributed by atoms with Crippen molar-refractivity contribution in [1.29, 1.82) is 0 Å². The van der Waals surface area contributed by atoms with E-state index in [9.17, 15) is 0 Å². The third-order valence-corrected chi connectivity index (χ3v) is 5.13. The number of nitrogens with one attached hydrogen (secondary N) is 1. The summed E-state index contributed by atoms with van der Waals surface area (Å²) in [5.74, 6) is 1.96. The molecule has 24 heavy (non-hydrogen) atoms. The van der Waals surface area contributed by atoms with Crippen LogP contribution in [-0.2, 0) is 0 Å². The fourth-order valence-corrected chi connectivity index (χ4v) is 3.56. The first-order chi connectivity index (χ1) is 11.8. The number of hydrogen-bond acceptors (Lipinski definition) is 3. The van der Waals surface area contributed by atoms with Gasteiger partial charge in [0.1, 0.15) is 5.75 Å². The van der Waals surface area contributed by atoms with Crippen molar-refractivity contribution in [2.45, 2.75) is 17.9 Å². The molecule has 2 nitrogen and oxygen atoms in total. The van der Waals surface area contributed by atoms with Gasteiger partial charge in [0, 0.05) is 23.2 Å². The van der Waals surface area contributed by atoms with Crippen molar-refractivity contribution in [2.75, 3.05) is 19.4 Å². The average Bonchev–Trinajstić information content (AvgIpc) is 2.65. The summed E-state index contributed by atoms with van der Waals surface area (Å²) < 4.78 is 5.29. The lowest BCUT2D eigenvalue weighted by molar-refractivity contribution is 0.413. The van der Waals surface area contributed by atoms with Crippen LogP contribution in [0.1, 0.15) is 18.5 Å². The Bertz CT molecular complexity index is 802. The Kier molecular flexibility index (Phi) is 5.78. The number of benzene rings is 3. The van der Waals surface area contributed by atoms with Gasteiger partial charge >= 0.3 is 0 Å². The highest BCUT2D eigenvalue weighted by Crippen LogP contribution is 2.24. The second-order valence-corrected chi connectivity index (χ2v) is 6.98. The molecule has 3 aromatic rings. The largest absolute Gasteiger partial charge is 0.497 e. The van der Waals surface area contributed by atoms with Gasteiger partial charge in [-0.05, 0) is 47.5 Å². The van der Waals surface area contributed by atoms with Crippen LogP contribution in [0.25, 0.3) is 10.8 Å². The van der Waals surface area contributed by atoms with Crippen molar-refractivity contribution in [1.82, 2.24) is 5.32 Å². The van der Waals surface area contributed by atoms with Gasteiger partial charge in [0.15, 0.2) is 0 Å². The maximum absolute atomic E-state index is 5.29. The zero-order valence-electron chi connectivity index (χ0n) is 14.2. The Balaban J connectivity index is 1.50. The van der Waals surface area contributed by atoms with E-state index in [-0.39, 0.29) is 0 Å². The summed E-state index contributed by atoms with van der Waals surface area (Å²) in [5.41, 5.74) is 1.25. The predicted octanol–water partition coefficient (Wildman–Crippen LogP) is 5.29. The van der Waals surface area contributed by atoms with Gasteiger partial charge in [-0.2, -0.15) is 0 Å². The van der Waals surface area contributed by atoms with Crippen LogP contribution in [0.4, 0.5) is 0 Å². The van der Waals surface area contributed by atoms with Gasteiger partial charge < -0.3 is 10.1 Å². The molecule has 0 bridgehead atoms.